The van der Waals surface area contributed by atoms with E-state index < -0.39 is 18.5 Å². The topological polar surface area (TPSA) is 93.7 Å². The van der Waals surface area contributed by atoms with E-state index >= 15 is 0 Å². The summed E-state index contributed by atoms with van der Waals surface area (Å²) >= 11 is 0. The molecule has 0 fully saturated rings. The third-order valence-electron chi connectivity index (χ3n) is 2.99. The van der Waals surface area contributed by atoms with Crippen LogP contribution in [0.3, 0.4) is 0 Å². The van der Waals surface area contributed by atoms with E-state index in [-0.39, 0.29) is 19.1 Å². The first kappa shape index (κ1) is 17.5. The van der Waals surface area contributed by atoms with Crippen LogP contribution in [0.1, 0.15) is 11.1 Å². The Kier molecular flexibility index (Phi) is 6.88. The number of hydrogen-bond donors (Lipinski definition) is 2. The molecule has 2 amide bonds. The molecule has 0 aliphatic rings. The van der Waals surface area contributed by atoms with Crippen LogP contribution >= 0.6 is 0 Å². The summed E-state index contributed by atoms with van der Waals surface area (Å²) < 4.78 is 10.1. The normalized spacial score (nSPS) is 9.77. The summed E-state index contributed by atoms with van der Waals surface area (Å²) in [6.07, 6.45) is 0. The second-order valence-electron chi connectivity index (χ2n) is 4.60. The molecule has 0 bridgehead atoms. The van der Waals surface area contributed by atoms with Crippen LogP contribution in [0.4, 0.5) is 0 Å². The molecular weight excluding hydrogens is 288 g/mol. The summed E-state index contributed by atoms with van der Waals surface area (Å²) in [7, 11) is 1.46. The first-order chi connectivity index (χ1) is 10.4. The maximum absolute atomic E-state index is 11.5. The lowest BCUT2D eigenvalue weighted by Crippen LogP contribution is -2.37. The van der Waals surface area contributed by atoms with Gasteiger partial charge < -0.3 is 20.1 Å². The lowest BCUT2D eigenvalue weighted by molar-refractivity contribution is -0.150. The molecule has 0 radical (unpaired) electrons. The minimum absolute atomic E-state index is 0.161. The highest BCUT2D eigenvalue weighted by molar-refractivity contribution is 5.86. The van der Waals surface area contributed by atoms with E-state index in [1.54, 1.807) is 6.07 Å². The number of nitrogens with one attached hydrogen (secondary N) is 2. The van der Waals surface area contributed by atoms with Crippen LogP contribution in [-0.4, -0.2) is 44.6 Å². The average molecular weight is 308 g/mol. The van der Waals surface area contributed by atoms with Crippen molar-refractivity contribution in [2.45, 2.75) is 13.8 Å². The average Bonchev–Trinajstić information content (AvgIpc) is 2.51. The molecule has 0 aromatic heterocycles. The van der Waals surface area contributed by atoms with Crippen molar-refractivity contribution in [2.24, 2.45) is 0 Å². The van der Waals surface area contributed by atoms with Crippen LogP contribution in [0.5, 0.6) is 5.75 Å². The molecule has 22 heavy (non-hydrogen) atoms. The van der Waals surface area contributed by atoms with E-state index in [1.807, 2.05) is 26.0 Å². The second-order valence-corrected chi connectivity index (χ2v) is 4.60. The van der Waals surface area contributed by atoms with Gasteiger partial charge in [-0.05, 0) is 31.0 Å². The van der Waals surface area contributed by atoms with Gasteiger partial charge in [0, 0.05) is 7.05 Å². The molecule has 2 N–H and O–H groups in total. The zero-order valence-electron chi connectivity index (χ0n) is 12.9. The van der Waals surface area contributed by atoms with Crippen molar-refractivity contribution in [3.05, 3.63) is 29.3 Å². The minimum Gasteiger partial charge on any atom is -0.482 e. The summed E-state index contributed by atoms with van der Waals surface area (Å²) in [5.74, 6) is -0.946. The van der Waals surface area contributed by atoms with Crippen LogP contribution in [0.2, 0.25) is 0 Å². The van der Waals surface area contributed by atoms with Crippen LogP contribution in [0, 0.1) is 13.8 Å². The summed E-state index contributed by atoms with van der Waals surface area (Å²) in [6.45, 7) is 2.93. The van der Waals surface area contributed by atoms with E-state index in [0.717, 1.165) is 11.1 Å². The highest BCUT2D eigenvalue weighted by Crippen LogP contribution is 2.20. The molecule has 1 aromatic rings. The molecule has 0 spiro atoms. The Morgan fingerprint density at radius 3 is 2.50 bits per heavy atom. The smallest absolute Gasteiger partial charge is 0.344 e. The van der Waals surface area contributed by atoms with Crippen molar-refractivity contribution in [2.75, 3.05) is 26.8 Å². The van der Waals surface area contributed by atoms with Gasteiger partial charge in [0.2, 0.25) is 5.91 Å². The van der Waals surface area contributed by atoms with Crippen LogP contribution in [0.25, 0.3) is 0 Å². The molecule has 7 heteroatoms. The molecule has 1 aromatic carbocycles. The minimum atomic E-state index is -0.656. The Balaban J connectivity index is 2.30. The van der Waals surface area contributed by atoms with Gasteiger partial charge in [0.25, 0.3) is 5.91 Å². The summed E-state index contributed by atoms with van der Waals surface area (Å²) in [5, 5.41) is 4.66. The summed E-state index contributed by atoms with van der Waals surface area (Å²) in [6, 6.07) is 5.53. The number of carbonyl (C=O) groups is 3. The van der Waals surface area contributed by atoms with Gasteiger partial charge in [0.05, 0.1) is 6.54 Å². The fourth-order valence-electron chi connectivity index (χ4n) is 1.52. The highest BCUT2D eigenvalue weighted by Gasteiger charge is 2.10. The van der Waals surface area contributed by atoms with Crippen molar-refractivity contribution < 1.29 is 23.9 Å². The maximum atomic E-state index is 11.5. The van der Waals surface area contributed by atoms with Crippen molar-refractivity contribution in [3.63, 3.8) is 0 Å². The Labute approximate surface area is 129 Å². The van der Waals surface area contributed by atoms with E-state index in [9.17, 15) is 14.4 Å². The monoisotopic (exact) mass is 308 g/mol. The number of esters is 1. The zero-order valence-corrected chi connectivity index (χ0v) is 12.9. The van der Waals surface area contributed by atoms with Gasteiger partial charge in [-0.1, -0.05) is 12.1 Å². The fourth-order valence-corrected chi connectivity index (χ4v) is 1.52. The van der Waals surface area contributed by atoms with Gasteiger partial charge in [-0.3, -0.25) is 9.59 Å². The number of benzene rings is 1. The Bertz CT molecular complexity index is 557. The molecule has 0 saturated heterocycles. The predicted molar refractivity (Wildman–Crippen MR) is 79.4 cm³/mol. The third kappa shape index (κ3) is 5.82. The largest absolute Gasteiger partial charge is 0.482 e. The third-order valence-corrected chi connectivity index (χ3v) is 2.99. The van der Waals surface area contributed by atoms with Crippen molar-refractivity contribution in [3.8, 4) is 5.75 Å². The predicted octanol–water partition coefficient (Wildman–Crippen LogP) is 0.0876. The first-order valence-electron chi connectivity index (χ1n) is 6.76. The number of aryl methyl sites for hydroxylation is 1. The lowest BCUT2D eigenvalue weighted by Gasteiger charge is -2.10. The number of carbonyl (C=O) groups excluding carboxylic acids is 3. The van der Waals surface area contributed by atoms with Crippen molar-refractivity contribution in [1.29, 1.82) is 0 Å². The summed E-state index contributed by atoms with van der Waals surface area (Å²) in [5.41, 5.74) is 2.00. The standard InChI is InChI=1S/C15H20N2O5/c1-10-5-4-6-12(11(10)2)21-9-15(20)22-8-14(19)17-7-13(18)16-3/h4-6H,7-9H2,1-3H3,(H,16,18)(H,17,19). The SMILES string of the molecule is CNC(=O)CNC(=O)COC(=O)COc1cccc(C)c1C. The Morgan fingerprint density at radius 1 is 1.09 bits per heavy atom. The first-order valence-corrected chi connectivity index (χ1v) is 6.76. The molecule has 0 unspecified atom stereocenters. The van der Waals surface area contributed by atoms with E-state index in [2.05, 4.69) is 10.6 Å². The van der Waals surface area contributed by atoms with Crippen LogP contribution in [0.15, 0.2) is 18.2 Å². The lowest BCUT2D eigenvalue weighted by atomic mass is 10.1. The van der Waals surface area contributed by atoms with Gasteiger partial charge in [0.1, 0.15) is 5.75 Å². The molecule has 1 rings (SSSR count). The second kappa shape index (κ2) is 8.66. The number of amides is 2. The number of rotatable bonds is 7. The molecule has 0 aliphatic heterocycles. The van der Waals surface area contributed by atoms with Gasteiger partial charge in [-0.25, -0.2) is 4.79 Å². The van der Waals surface area contributed by atoms with Crippen LogP contribution in [-0.2, 0) is 19.1 Å². The van der Waals surface area contributed by atoms with E-state index in [0.29, 0.717) is 5.75 Å². The van der Waals surface area contributed by atoms with E-state index in [1.165, 1.54) is 7.05 Å². The number of ether oxygens (including phenoxy) is 2. The van der Waals surface area contributed by atoms with Crippen LogP contribution < -0.4 is 15.4 Å². The number of hydrogen-bond acceptors (Lipinski definition) is 5. The molecule has 7 nitrogen and oxygen atoms in total. The molecule has 120 valence electrons. The van der Waals surface area contributed by atoms with E-state index in [4.69, 9.17) is 9.47 Å². The Hall–Kier alpha value is -2.57. The van der Waals surface area contributed by atoms with Crippen molar-refractivity contribution >= 4 is 17.8 Å². The van der Waals surface area contributed by atoms with Gasteiger partial charge in [-0.15, -0.1) is 0 Å². The number of likely N-dealkylation sites (N-methyl/N-ethyl adjacent to an activating group) is 1. The highest BCUT2D eigenvalue weighted by atomic mass is 16.6. The molecule has 0 heterocycles. The summed E-state index contributed by atoms with van der Waals surface area (Å²) in [4.78, 5) is 33.8. The Morgan fingerprint density at radius 2 is 1.82 bits per heavy atom. The van der Waals surface area contributed by atoms with Crippen molar-refractivity contribution in [1.82, 2.24) is 10.6 Å². The molecule has 0 aliphatic carbocycles. The molecular formula is C15H20N2O5. The quantitative estimate of drug-likeness (QED) is 0.696. The van der Waals surface area contributed by atoms with Gasteiger partial charge >= 0.3 is 5.97 Å². The zero-order chi connectivity index (χ0) is 16.5. The van der Waals surface area contributed by atoms with Gasteiger partial charge in [0.15, 0.2) is 13.2 Å². The maximum Gasteiger partial charge on any atom is 0.344 e. The molecule has 0 atom stereocenters. The fraction of sp³-hybridized carbons (Fsp3) is 0.400. The molecule has 0 saturated carbocycles. The van der Waals surface area contributed by atoms with Gasteiger partial charge in [-0.2, -0.15) is 0 Å².